The van der Waals surface area contributed by atoms with Gasteiger partial charge in [0, 0.05) is 31.3 Å². The highest BCUT2D eigenvalue weighted by atomic mass is 16.6. The number of benzene rings is 3. The Morgan fingerprint density at radius 1 is 0.974 bits per heavy atom. The number of hydrogen-bond acceptors (Lipinski definition) is 8. The number of nitro groups is 1. The van der Waals surface area contributed by atoms with E-state index < -0.39 is 16.9 Å². The normalized spacial score (nSPS) is 10.1. The Balaban J connectivity index is 0.000000631. The number of methoxy groups -OCH3 is 1. The maximum Gasteiger partial charge on any atom is 0.414 e. The van der Waals surface area contributed by atoms with Crippen LogP contribution in [0.4, 0.5) is 11.6 Å². The number of nitrogens with zero attached hydrogens (tertiary/aromatic N) is 3. The van der Waals surface area contributed by atoms with Crippen molar-refractivity contribution in [2.45, 2.75) is 13.2 Å². The van der Waals surface area contributed by atoms with Gasteiger partial charge in [-0.25, -0.2) is 14.6 Å². The van der Waals surface area contributed by atoms with E-state index in [2.05, 4.69) is 10.3 Å². The molecule has 0 unspecified atom stereocenters. The molecule has 0 saturated carbocycles. The molecule has 3 aromatic carbocycles. The molecule has 4 aromatic rings. The van der Waals surface area contributed by atoms with E-state index in [1.807, 2.05) is 66.2 Å². The SMILES string of the molecule is COc1cc(CNc2ncc(-c3cccc([N+](=O)[O-])c3)n2C)ccc1OCc1ccccc1.O=C(O)C(=O)O. The van der Waals surface area contributed by atoms with Gasteiger partial charge in [0.25, 0.3) is 5.69 Å². The molecule has 0 amide bonds. The number of anilines is 1. The molecule has 0 aliphatic heterocycles. The monoisotopic (exact) mass is 534 g/mol. The van der Waals surface area contributed by atoms with Gasteiger partial charge in [-0.3, -0.25) is 10.1 Å². The molecule has 0 aliphatic rings. The average Bonchev–Trinajstić information content (AvgIpc) is 3.31. The van der Waals surface area contributed by atoms with E-state index in [0.29, 0.717) is 30.6 Å². The second kappa shape index (κ2) is 13.2. The molecule has 202 valence electrons. The van der Waals surface area contributed by atoms with E-state index in [1.165, 1.54) is 6.07 Å². The van der Waals surface area contributed by atoms with Crippen LogP contribution < -0.4 is 14.8 Å². The van der Waals surface area contributed by atoms with Crippen molar-refractivity contribution >= 4 is 23.6 Å². The summed E-state index contributed by atoms with van der Waals surface area (Å²) in [4.78, 5) is 33.3. The third kappa shape index (κ3) is 7.79. The van der Waals surface area contributed by atoms with Gasteiger partial charge < -0.3 is 29.6 Å². The fraction of sp³-hybridized carbons (Fsp3) is 0.148. The molecular weight excluding hydrogens is 508 g/mol. The molecule has 0 atom stereocenters. The van der Waals surface area contributed by atoms with Crippen molar-refractivity contribution < 1.29 is 34.2 Å². The summed E-state index contributed by atoms with van der Waals surface area (Å²) >= 11 is 0. The third-order valence-corrected chi connectivity index (χ3v) is 5.44. The number of imidazole rings is 1. The number of nitro benzene ring substituents is 1. The van der Waals surface area contributed by atoms with Gasteiger partial charge in [0.05, 0.1) is 23.9 Å². The summed E-state index contributed by atoms with van der Waals surface area (Å²) in [6.07, 6.45) is 1.70. The number of ether oxygens (including phenoxy) is 2. The minimum absolute atomic E-state index is 0.0462. The molecule has 0 bridgehead atoms. The van der Waals surface area contributed by atoms with Gasteiger partial charge in [0.15, 0.2) is 11.5 Å². The standard InChI is InChI=1S/C25H24N4O4.C2H2O4/c1-28-22(20-9-6-10-21(14-20)29(30)31)16-27-25(28)26-15-19-11-12-23(24(13-19)32-2)33-17-18-7-4-3-5-8-18;3-1(4)2(5)6/h3-14,16H,15,17H2,1-2H3,(H,26,27);(H,3,4)(H,5,6). The van der Waals surface area contributed by atoms with Gasteiger partial charge in [-0.15, -0.1) is 0 Å². The summed E-state index contributed by atoms with van der Waals surface area (Å²) in [6.45, 7) is 0.983. The van der Waals surface area contributed by atoms with Gasteiger partial charge in [0.2, 0.25) is 5.95 Å². The second-order valence-corrected chi connectivity index (χ2v) is 8.06. The van der Waals surface area contributed by atoms with Crippen LogP contribution in [-0.2, 0) is 29.8 Å². The molecule has 0 saturated heterocycles. The van der Waals surface area contributed by atoms with Gasteiger partial charge in [-0.2, -0.15) is 0 Å². The molecule has 0 spiro atoms. The van der Waals surface area contributed by atoms with Crippen LogP contribution in [0.3, 0.4) is 0 Å². The van der Waals surface area contributed by atoms with E-state index >= 15 is 0 Å². The molecule has 0 aliphatic carbocycles. The Bertz CT molecular complexity index is 1440. The van der Waals surface area contributed by atoms with E-state index in [4.69, 9.17) is 29.3 Å². The number of aliphatic carboxylic acids is 2. The molecular formula is C27H26N4O8. The molecule has 3 N–H and O–H groups in total. The number of non-ortho nitro benzene ring substituents is 1. The van der Waals surface area contributed by atoms with Crippen LogP contribution in [0.25, 0.3) is 11.3 Å². The Kier molecular flexibility index (Phi) is 9.57. The molecule has 0 radical (unpaired) electrons. The first-order valence-electron chi connectivity index (χ1n) is 11.5. The predicted octanol–water partition coefficient (Wildman–Crippen LogP) is 4.35. The minimum Gasteiger partial charge on any atom is -0.493 e. The highest BCUT2D eigenvalue weighted by Gasteiger charge is 2.13. The van der Waals surface area contributed by atoms with Crippen LogP contribution in [0.1, 0.15) is 11.1 Å². The maximum atomic E-state index is 11.1. The van der Waals surface area contributed by atoms with E-state index in [0.717, 1.165) is 22.4 Å². The molecule has 1 heterocycles. The van der Waals surface area contributed by atoms with Crippen LogP contribution in [0, 0.1) is 10.1 Å². The first kappa shape index (κ1) is 28.2. The quantitative estimate of drug-likeness (QED) is 0.160. The van der Waals surface area contributed by atoms with Gasteiger partial charge in [-0.05, 0) is 23.3 Å². The van der Waals surface area contributed by atoms with Gasteiger partial charge in [-0.1, -0.05) is 48.5 Å². The number of nitrogens with one attached hydrogen (secondary N) is 1. The van der Waals surface area contributed by atoms with Crippen molar-refractivity contribution in [3.05, 3.63) is 100 Å². The number of hydrogen-bond donors (Lipinski definition) is 3. The Morgan fingerprint density at radius 2 is 1.69 bits per heavy atom. The average molecular weight is 535 g/mol. The fourth-order valence-corrected chi connectivity index (χ4v) is 3.48. The topological polar surface area (TPSA) is 166 Å². The second-order valence-electron chi connectivity index (χ2n) is 8.06. The molecule has 12 heteroatoms. The number of rotatable bonds is 9. The number of aromatic nitrogens is 2. The first-order chi connectivity index (χ1) is 18.7. The maximum absolute atomic E-state index is 11.1. The molecule has 0 fully saturated rings. The summed E-state index contributed by atoms with van der Waals surface area (Å²) in [6, 6.07) is 22.3. The highest BCUT2D eigenvalue weighted by molar-refractivity contribution is 6.27. The Labute approximate surface area is 223 Å². The lowest BCUT2D eigenvalue weighted by atomic mass is 10.1. The first-order valence-corrected chi connectivity index (χ1v) is 11.5. The summed E-state index contributed by atoms with van der Waals surface area (Å²) in [5.74, 6) is -1.66. The van der Waals surface area contributed by atoms with E-state index in [-0.39, 0.29) is 5.69 Å². The predicted molar refractivity (Wildman–Crippen MR) is 142 cm³/mol. The molecule has 4 rings (SSSR count). The zero-order valence-corrected chi connectivity index (χ0v) is 21.1. The van der Waals surface area contributed by atoms with E-state index in [9.17, 15) is 10.1 Å². The minimum atomic E-state index is -1.82. The molecule has 39 heavy (non-hydrogen) atoms. The van der Waals surface area contributed by atoms with Crippen molar-refractivity contribution in [3.8, 4) is 22.8 Å². The van der Waals surface area contributed by atoms with Crippen LogP contribution >= 0.6 is 0 Å². The lowest BCUT2D eigenvalue weighted by Gasteiger charge is -2.13. The lowest BCUT2D eigenvalue weighted by Crippen LogP contribution is -2.09. The van der Waals surface area contributed by atoms with Crippen LogP contribution in [-0.4, -0.2) is 43.7 Å². The van der Waals surface area contributed by atoms with E-state index in [1.54, 1.807) is 25.4 Å². The molecule has 12 nitrogen and oxygen atoms in total. The van der Waals surface area contributed by atoms with Crippen molar-refractivity contribution in [2.24, 2.45) is 7.05 Å². The largest absolute Gasteiger partial charge is 0.493 e. The summed E-state index contributed by atoms with van der Waals surface area (Å²) in [5.41, 5.74) is 3.64. The summed E-state index contributed by atoms with van der Waals surface area (Å²) in [7, 11) is 3.48. The summed E-state index contributed by atoms with van der Waals surface area (Å²) in [5, 5.41) is 29.2. The van der Waals surface area contributed by atoms with Crippen molar-refractivity contribution in [3.63, 3.8) is 0 Å². The Hall–Kier alpha value is -5.39. The Morgan fingerprint density at radius 3 is 2.33 bits per heavy atom. The zero-order valence-electron chi connectivity index (χ0n) is 21.1. The lowest BCUT2D eigenvalue weighted by molar-refractivity contribution is -0.384. The summed E-state index contributed by atoms with van der Waals surface area (Å²) < 4.78 is 13.3. The van der Waals surface area contributed by atoms with Crippen molar-refractivity contribution in [1.29, 1.82) is 0 Å². The fourth-order valence-electron chi connectivity index (χ4n) is 3.48. The zero-order chi connectivity index (χ0) is 28.4. The van der Waals surface area contributed by atoms with Crippen LogP contribution in [0.2, 0.25) is 0 Å². The van der Waals surface area contributed by atoms with Gasteiger partial charge >= 0.3 is 11.9 Å². The van der Waals surface area contributed by atoms with Crippen LogP contribution in [0.15, 0.2) is 79.0 Å². The number of carbonyl (C=O) groups is 2. The van der Waals surface area contributed by atoms with Crippen molar-refractivity contribution in [2.75, 3.05) is 12.4 Å². The highest BCUT2D eigenvalue weighted by Crippen LogP contribution is 2.30. The number of carboxylic acids is 2. The third-order valence-electron chi connectivity index (χ3n) is 5.44. The number of carboxylic acid groups (broad SMARTS) is 2. The van der Waals surface area contributed by atoms with Crippen LogP contribution in [0.5, 0.6) is 11.5 Å². The molecule has 1 aromatic heterocycles. The smallest absolute Gasteiger partial charge is 0.414 e. The van der Waals surface area contributed by atoms with Crippen molar-refractivity contribution in [1.82, 2.24) is 9.55 Å². The van der Waals surface area contributed by atoms with Gasteiger partial charge in [0.1, 0.15) is 6.61 Å².